The summed E-state index contributed by atoms with van der Waals surface area (Å²) in [7, 11) is 0. The molecule has 4 rings (SSSR count). The number of piperazine rings is 1. The van der Waals surface area contributed by atoms with Crippen molar-refractivity contribution < 1.29 is 4.79 Å². The van der Waals surface area contributed by atoms with Crippen molar-refractivity contribution in [2.75, 3.05) is 26.2 Å². The number of carbonyl (C=O) groups excluding carboxylic acids is 1. The molecule has 0 bridgehead atoms. The maximum absolute atomic E-state index is 12.6. The maximum Gasteiger partial charge on any atom is 0.224 e. The molecule has 0 spiro atoms. The van der Waals surface area contributed by atoms with Crippen molar-refractivity contribution in [3.63, 3.8) is 0 Å². The predicted octanol–water partition coefficient (Wildman–Crippen LogP) is 4.09. The summed E-state index contributed by atoms with van der Waals surface area (Å²) in [5, 5.41) is 1.22. The molecule has 1 aliphatic heterocycles. The van der Waals surface area contributed by atoms with Crippen LogP contribution in [0.3, 0.4) is 0 Å². The molecular formula is C20H22ClN3OS. The number of amides is 1. The van der Waals surface area contributed by atoms with Crippen LogP contribution in [0, 0.1) is 0 Å². The topological polar surface area (TPSA) is 28.5 Å². The fraction of sp³-hybridized carbons (Fsp3) is 0.350. The van der Waals surface area contributed by atoms with Crippen LogP contribution in [0.2, 0.25) is 4.34 Å². The number of hydrogen-bond donors (Lipinski definition) is 0. The number of aryl methyl sites for hydroxylation is 1. The molecular weight excluding hydrogens is 366 g/mol. The van der Waals surface area contributed by atoms with Crippen molar-refractivity contribution in [2.24, 2.45) is 0 Å². The van der Waals surface area contributed by atoms with Crippen molar-refractivity contribution in [1.82, 2.24) is 14.4 Å². The van der Waals surface area contributed by atoms with Crippen molar-refractivity contribution in [3.05, 3.63) is 57.9 Å². The minimum absolute atomic E-state index is 0.251. The first-order chi connectivity index (χ1) is 12.7. The number of halogens is 1. The minimum atomic E-state index is 0.251. The first kappa shape index (κ1) is 17.6. The van der Waals surface area contributed by atoms with Gasteiger partial charge in [-0.3, -0.25) is 9.69 Å². The van der Waals surface area contributed by atoms with Crippen LogP contribution >= 0.6 is 22.9 Å². The van der Waals surface area contributed by atoms with Crippen LogP contribution in [0.4, 0.5) is 0 Å². The molecule has 1 amide bonds. The second-order valence-electron chi connectivity index (χ2n) is 6.68. The highest BCUT2D eigenvalue weighted by molar-refractivity contribution is 7.16. The van der Waals surface area contributed by atoms with Gasteiger partial charge in [-0.25, -0.2) is 0 Å². The molecule has 0 radical (unpaired) electrons. The average molecular weight is 388 g/mol. The highest BCUT2D eigenvalue weighted by Gasteiger charge is 2.21. The number of hydrogen-bond acceptors (Lipinski definition) is 3. The second kappa shape index (κ2) is 7.82. The number of carbonyl (C=O) groups is 1. The SMILES string of the molecule is O=C(CCn1ccc2ccccc21)N1CCN(Cc2ccc(Cl)s2)CC1. The molecule has 0 saturated carbocycles. The molecule has 2 aromatic heterocycles. The molecule has 3 heterocycles. The van der Waals surface area contributed by atoms with Gasteiger partial charge in [0.25, 0.3) is 0 Å². The Labute approximate surface area is 162 Å². The molecule has 0 atom stereocenters. The summed E-state index contributed by atoms with van der Waals surface area (Å²) in [5.74, 6) is 0.251. The van der Waals surface area contributed by atoms with E-state index in [2.05, 4.69) is 39.9 Å². The Kier molecular flexibility index (Phi) is 5.29. The van der Waals surface area contributed by atoms with Gasteiger partial charge < -0.3 is 9.47 Å². The van der Waals surface area contributed by atoms with Gasteiger partial charge in [-0.15, -0.1) is 11.3 Å². The fourth-order valence-electron chi connectivity index (χ4n) is 3.52. The maximum atomic E-state index is 12.6. The summed E-state index contributed by atoms with van der Waals surface area (Å²) in [6, 6.07) is 14.4. The van der Waals surface area contributed by atoms with Gasteiger partial charge in [0.15, 0.2) is 0 Å². The quantitative estimate of drug-likeness (QED) is 0.659. The van der Waals surface area contributed by atoms with Gasteiger partial charge in [-0.2, -0.15) is 0 Å². The molecule has 6 heteroatoms. The van der Waals surface area contributed by atoms with E-state index in [9.17, 15) is 4.79 Å². The van der Waals surface area contributed by atoms with Crippen molar-refractivity contribution in [3.8, 4) is 0 Å². The zero-order valence-electron chi connectivity index (χ0n) is 14.6. The average Bonchev–Trinajstić information content (AvgIpc) is 3.26. The van der Waals surface area contributed by atoms with E-state index in [0.717, 1.165) is 43.6 Å². The molecule has 4 nitrogen and oxygen atoms in total. The summed E-state index contributed by atoms with van der Waals surface area (Å²) in [5.41, 5.74) is 1.19. The lowest BCUT2D eigenvalue weighted by Gasteiger charge is -2.34. The minimum Gasteiger partial charge on any atom is -0.347 e. The summed E-state index contributed by atoms with van der Waals surface area (Å²) >= 11 is 7.64. The second-order valence-corrected chi connectivity index (χ2v) is 8.48. The van der Waals surface area contributed by atoms with E-state index in [-0.39, 0.29) is 5.91 Å². The molecule has 26 heavy (non-hydrogen) atoms. The molecule has 3 aromatic rings. The Morgan fingerprint density at radius 2 is 1.85 bits per heavy atom. The Balaban J connectivity index is 1.27. The lowest BCUT2D eigenvalue weighted by Crippen LogP contribution is -2.48. The summed E-state index contributed by atoms with van der Waals surface area (Å²) in [6.45, 7) is 5.13. The third-order valence-corrected chi connectivity index (χ3v) is 6.20. The Bertz CT molecular complexity index is 895. The van der Waals surface area contributed by atoms with E-state index in [1.54, 1.807) is 11.3 Å². The largest absolute Gasteiger partial charge is 0.347 e. The van der Waals surface area contributed by atoms with Gasteiger partial charge in [0, 0.05) is 62.3 Å². The van der Waals surface area contributed by atoms with E-state index in [1.807, 2.05) is 23.1 Å². The van der Waals surface area contributed by atoms with Gasteiger partial charge in [0.2, 0.25) is 5.91 Å². The van der Waals surface area contributed by atoms with Crippen LogP contribution in [0.5, 0.6) is 0 Å². The number of fused-ring (bicyclic) bond motifs is 1. The number of aromatic nitrogens is 1. The molecule has 1 fully saturated rings. The van der Waals surface area contributed by atoms with E-state index in [4.69, 9.17) is 11.6 Å². The number of thiophene rings is 1. The molecule has 0 aliphatic carbocycles. The van der Waals surface area contributed by atoms with E-state index in [0.29, 0.717) is 6.42 Å². The van der Waals surface area contributed by atoms with Crippen molar-refractivity contribution in [2.45, 2.75) is 19.5 Å². The first-order valence-electron chi connectivity index (χ1n) is 8.97. The van der Waals surface area contributed by atoms with Crippen LogP contribution in [-0.4, -0.2) is 46.5 Å². The van der Waals surface area contributed by atoms with Gasteiger partial charge in [-0.05, 0) is 29.7 Å². The van der Waals surface area contributed by atoms with E-state index in [1.165, 1.54) is 15.8 Å². The Morgan fingerprint density at radius 3 is 2.62 bits per heavy atom. The highest BCUT2D eigenvalue weighted by atomic mass is 35.5. The third-order valence-electron chi connectivity index (χ3n) is 4.98. The Morgan fingerprint density at radius 1 is 1.04 bits per heavy atom. The predicted molar refractivity (Wildman–Crippen MR) is 108 cm³/mol. The number of para-hydroxylation sites is 1. The fourth-order valence-corrected chi connectivity index (χ4v) is 4.65. The van der Waals surface area contributed by atoms with E-state index < -0.39 is 0 Å². The van der Waals surface area contributed by atoms with Gasteiger partial charge in [0.05, 0.1) is 4.34 Å². The van der Waals surface area contributed by atoms with Crippen molar-refractivity contribution in [1.29, 1.82) is 0 Å². The van der Waals surface area contributed by atoms with Crippen LogP contribution < -0.4 is 0 Å². The standard InChI is InChI=1S/C20H22ClN3OS/c21-19-6-5-17(26-19)15-22-11-13-24(14-12-22)20(25)8-10-23-9-7-16-3-1-2-4-18(16)23/h1-7,9H,8,10-15H2. The van der Waals surface area contributed by atoms with Crippen LogP contribution in [0.15, 0.2) is 48.7 Å². The smallest absolute Gasteiger partial charge is 0.224 e. The number of nitrogens with zero attached hydrogens (tertiary/aromatic N) is 3. The summed E-state index contributed by atoms with van der Waals surface area (Å²) in [4.78, 5) is 18.3. The van der Waals surface area contributed by atoms with Crippen LogP contribution in [-0.2, 0) is 17.9 Å². The van der Waals surface area contributed by atoms with Crippen LogP contribution in [0.1, 0.15) is 11.3 Å². The monoisotopic (exact) mass is 387 g/mol. The molecule has 1 aromatic carbocycles. The summed E-state index contributed by atoms with van der Waals surface area (Å²) in [6.07, 6.45) is 2.63. The zero-order valence-corrected chi connectivity index (χ0v) is 16.2. The van der Waals surface area contributed by atoms with Gasteiger partial charge >= 0.3 is 0 Å². The first-order valence-corrected chi connectivity index (χ1v) is 10.2. The van der Waals surface area contributed by atoms with Crippen LogP contribution in [0.25, 0.3) is 10.9 Å². The zero-order chi connectivity index (χ0) is 17.9. The Hall–Kier alpha value is -1.82. The van der Waals surface area contributed by atoms with Gasteiger partial charge in [0.1, 0.15) is 0 Å². The molecule has 136 valence electrons. The van der Waals surface area contributed by atoms with Crippen molar-refractivity contribution >= 4 is 39.7 Å². The van der Waals surface area contributed by atoms with E-state index >= 15 is 0 Å². The summed E-state index contributed by atoms with van der Waals surface area (Å²) < 4.78 is 3.01. The molecule has 1 aliphatic rings. The number of rotatable bonds is 5. The molecule has 0 N–H and O–H groups in total. The highest BCUT2D eigenvalue weighted by Crippen LogP contribution is 2.23. The lowest BCUT2D eigenvalue weighted by molar-refractivity contribution is -0.133. The number of benzene rings is 1. The molecule has 0 unspecified atom stereocenters. The molecule has 1 saturated heterocycles. The normalized spacial score (nSPS) is 15.7. The lowest BCUT2D eigenvalue weighted by atomic mass is 10.2. The van der Waals surface area contributed by atoms with Gasteiger partial charge in [-0.1, -0.05) is 29.8 Å². The third kappa shape index (κ3) is 3.95.